The molecule has 4 aliphatic rings. The van der Waals surface area contributed by atoms with Gasteiger partial charge in [-0.3, -0.25) is 9.59 Å². The highest BCUT2D eigenvalue weighted by Gasteiger charge is 2.74. The molecule has 0 saturated heterocycles. The fourth-order valence-electron chi connectivity index (χ4n) is 7.94. The lowest BCUT2D eigenvalue weighted by Gasteiger charge is -2.67. The van der Waals surface area contributed by atoms with Gasteiger partial charge in [0.2, 0.25) is 0 Å². The molecule has 0 unspecified atom stereocenters. The summed E-state index contributed by atoms with van der Waals surface area (Å²) in [5, 5.41) is 33.7. The third-order valence-corrected chi connectivity index (χ3v) is 8.75. The van der Waals surface area contributed by atoms with E-state index in [9.17, 15) is 24.9 Å². The van der Waals surface area contributed by atoms with Crippen molar-refractivity contribution in [2.75, 3.05) is 0 Å². The van der Waals surface area contributed by atoms with Crippen LogP contribution in [-0.2, 0) is 14.3 Å². The molecule has 0 heterocycles. The van der Waals surface area contributed by atoms with Crippen LogP contribution in [0.2, 0.25) is 0 Å². The Labute approximate surface area is 166 Å². The number of Topliss-reactive ketones (excluding diaryl/α,β-unsaturated/α-hetero) is 1. The van der Waals surface area contributed by atoms with Crippen LogP contribution in [0.4, 0.5) is 0 Å². The lowest BCUT2D eigenvalue weighted by molar-refractivity contribution is -0.276. The molecule has 0 aromatic heterocycles. The summed E-state index contributed by atoms with van der Waals surface area (Å²) in [5.41, 5.74) is -1.80. The summed E-state index contributed by atoms with van der Waals surface area (Å²) in [6.45, 7) is 11.1. The minimum absolute atomic E-state index is 0.0476. The Morgan fingerprint density at radius 2 is 1.71 bits per heavy atom. The smallest absolute Gasteiger partial charge is 0.302 e. The summed E-state index contributed by atoms with van der Waals surface area (Å²) in [6.07, 6.45) is -1.48. The zero-order valence-corrected chi connectivity index (χ0v) is 17.1. The molecular weight excluding hydrogens is 360 g/mol. The number of ketones is 1. The fourth-order valence-corrected chi connectivity index (χ4v) is 7.94. The zero-order valence-electron chi connectivity index (χ0n) is 17.1. The van der Waals surface area contributed by atoms with Gasteiger partial charge < -0.3 is 20.1 Å². The molecule has 0 aliphatic heterocycles. The van der Waals surface area contributed by atoms with Crippen molar-refractivity contribution in [3.63, 3.8) is 0 Å². The molecule has 4 rings (SSSR count). The topological polar surface area (TPSA) is 104 Å². The van der Waals surface area contributed by atoms with Gasteiger partial charge in [-0.05, 0) is 30.8 Å². The minimum atomic E-state index is -0.903. The van der Waals surface area contributed by atoms with E-state index >= 15 is 0 Å². The highest BCUT2D eigenvalue weighted by molar-refractivity contribution is 6.03. The monoisotopic (exact) mass is 392 g/mol. The fraction of sp³-hybridized carbons (Fsp3) is 0.818. The number of rotatable bonds is 1. The van der Waals surface area contributed by atoms with Crippen LogP contribution in [0.15, 0.2) is 12.2 Å². The Morgan fingerprint density at radius 1 is 1.07 bits per heavy atom. The molecule has 6 nitrogen and oxygen atoms in total. The van der Waals surface area contributed by atoms with Crippen LogP contribution < -0.4 is 0 Å². The van der Waals surface area contributed by atoms with Gasteiger partial charge in [-0.15, -0.1) is 0 Å². The average molecular weight is 392 g/mol. The van der Waals surface area contributed by atoms with Crippen LogP contribution in [0.5, 0.6) is 0 Å². The number of aliphatic hydroxyl groups excluding tert-OH is 3. The van der Waals surface area contributed by atoms with Crippen LogP contribution in [0.25, 0.3) is 0 Å². The molecule has 3 N–H and O–H groups in total. The van der Waals surface area contributed by atoms with Gasteiger partial charge in [-0.25, -0.2) is 0 Å². The van der Waals surface area contributed by atoms with E-state index in [1.165, 1.54) is 6.92 Å². The quantitative estimate of drug-likeness (QED) is 0.463. The van der Waals surface area contributed by atoms with E-state index in [2.05, 4.69) is 6.58 Å². The minimum Gasteiger partial charge on any atom is -0.462 e. The van der Waals surface area contributed by atoms with Crippen LogP contribution in [0.1, 0.15) is 53.4 Å². The molecule has 2 bridgehead atoms. The Hall–Kier alpha value is -1.24. The maximum absolute atomic E-state index is 13.3. The second-order valence-electron chi connectivity index (χ2n) is 10.5. The molecule has 28 heavy (non-hydrogen) atoms. The van der Waals surface area contributed by atoms with Gasteiger partial charge in [0.1, 0.15) is 6.10 Å². The first kappa shape index (κ1) is 20.0. The third-order valence-electron chi connectivity index (χ3n) is 8.75. The molecule has 4 saturated carbocycles. The number of fused-ring (bicyclic) bond motifs is 3. The lowest BCUT2D eigenvalue weighted by atomic mass is 9.38. The summed E-state index contributed by atoms with van der Waals surface area (Å²) in [5.74, 6) is -1.39. The normalized spacial score (nSPS) is 52.0. The highest BCUT2D eigenvalue weighted by atomic mass is 16.5. The van der Waals surface area contributed by atoms with E-state index in [4.69, 9.17) is 4.74 Å². The van der Waals surface area contributed by atoms with Crippen LogP contribution in [0.3, 0.4) is 0 Å². The summed E-state index contributed by atoms with van der Waals surface area (Å²) >= 11 is 0. The predicted octanol–water partition coefficient (Wildman–Crippen LogP) is 1.61. The van der Waals surface area contributed by atoms with Crippen LogP contribution in [0, 0.1) is 34.0 Å². The highest BCUT2D eigenvalue weighted by Crippen LogP contribution is 2.71. The van der Waals surface area contributed by atoms with Crippen molar-refractivity contribution in [3.8, 4) is 0 Å². The van der Waals surface area contributed by atoms with Crippen LogP contribution in [-0.4, -0.2) is 51.5 Å². The summed E-state index contributed by atoms with van der Waals surface area (Å²) in [4.78, 5) is 24.9. The summed E-state index contributed by atoms with van der Waals surface area (Å²) < 4.78 is 5.53. The first-order valence-corrected chi connectivity index (χ1v) is 10.3. The number of carbonyl (C=O) groups excluding carboxylic acids is 2. The van der Waals surface area contributed by atoms with Crippen molar-refractivity contribution in [3.05, 3.63) is 12.2 Å². The molecule has 0 aromatic carbocycles. The molecule has 4 fully saturated rings. The van der Waals surface area contributed by atoms with Gasteiger partial charge in [0, 0.05) is 41.4 Å². The van der Waals surface area contributed by atoms with E-state index in [1.54, 1.807) is 0 Å². The second-order valence-corrected chi connectivity index (χ2v) is 10.5. The van der Waals surface area contributed by atoms with Gasteiger partial charge in [-0.2, -0.15) is 0 Å². The molecule has 1 spiro atoms. The number of aliphatic hydroxyl groups is 3. The van der Waals surface area contributed by atoms with E-state index in [-0.39, 0.29) is 24.5 Å². The van der Waals surface area contributed by atoms with E-state index < -0.39 is 58.5 Å². The van der Waals surface area contributed by atoms with Gasteiger partial charge in [-0.1, -0.05) is 27.4 Å². The molecule has 6 heteroatoms. The molecule has 4 aliphatic carbocycles. The number of esters is 1. The van der Waals surface area contributed by atoms with Crippen molar-refractivity contribution < 1.29 is 29.6 Å². The largest absolute Gasteiger partial charge is 0.462 e. The van der Waals surface area contributed by atoms with E-state index in [0.717, 1.165) is 0 Å². The molecule has 0 radical (unpaired) electrons. The summed E-state index contributed by atoms with van der Waals surface area (Å²) in [6, 6.07) is 0. The maximum atomic E-state index is 13.3. The van der Waals surface area contributed by atoms with E-state index in [1.807, 2.05) is 20.8 Å². The van der Waals surface area contributed by atoms with Crippen molar-refractivity contribution in [1.29, 1.82) is 0 Å². The zero-order chi connectivity index (χ0) is 20.8. The van der Waals surface area contributed by atoms with Crippen molar-refractivity contribution in [2.24, 2.45) is 34.0 Å². The Bertz CT molecular complexity index is 743. The van der Waals surface area contributed by atoms with Crippen molar-refractivity contribution in [2.45, 2.75) is 77.8 Å². The number of carbonyl (C=O) groups is 2. The number of allylic oxidation sites excluding steroid dienone is 1. The molecular formula is C22H32O6. The number of hydrogen-bond acceptors (Lipinski definition) is 6. The predicted molar refractivity (Wildman–Crippen MR) is 101 cm³/mol. The van der Waals surface area contributed by atoms with E-state index in [0.29, 0.717) is 18.4 Å². The third kappa shape index (κ3) is 2.25. The average Bonchev–Trinajstić information content (AvgIpc) is 2.73. The van der Waals surface area contributed by atoms with Gasteiger partial charge in [0.05, 0.1) is 18.3 Å². The first-order chi connectivity index (χ1) is 12.9. The molecule has 0 amide bonds. The van der Waals surface area contributed by atoms with Gasteiger partial charge >= 0.3 is 5.97 Å². The summed E-state index contributed by atoms with van der Waals surface area (Å²) in [7, 11) is 0. The van der Waals surface area contributed by atoms with Gasteiger partial charge in [0.15, 0.2) is 5.78 Å². The van der Waals surface area contributed by atoms with Gasteiger partial charge in [0.25, 0.3) is 0 Å². The SMILES string of the molecule is C=C1C(=O)[C@]23C[C@H]1C[C@H](O)[C@H]2[C@@]1(C)[C@H]([C@@H](O)C3)C(C)(C)[C@@H](OC(C)=O)C[C@@H]1O. The van der Waals surface area contributed by atoms with Crippen molar-refractivity contribution >= 4 is 11.8 Å². The standard InChI is InChI=1S/C22H32O6/c1-10-12-6-13(24)18-21(5)15(26)7-16(28-11(2)23)20(3,4)17(21)14(25)9-22(18,8-12)19(10)27/h12-18,24-26H,1,6-9H2,2-5H3/t12-,13+,14+,15+,16+,17-,18+,21-,22+/m1/s1. The number of hydrogen-bond donors (Lipinski definition) is 3. The Morgan fingerprint density at radius 3 is 2.32 bits per heavy atom. The Balaban J connectivity index is 1.85. The number of ether oxygens (including phenoxy) is 1. The molecule has 0 aromatic rings. The Kier molecular flexibility index (Phi) is 4.22. The van der Waals surface area contributed by atoms with Crippen LogP contribution >= 0.6 is 0 Å². The first-order valence-electron chi connectivity index (χ1n) is 10.3. The maximum Gasteiger partial charge on any atom is 0.302 e. The molecule has 156 valence electrons. The molecule has 9 atom stereocenters. The second kappa shape index (κ2) is 5.89. The lowest BCUT2D eigenvalue weighted by Crippen LogP contribution is -2.71. The van der Waals surface area contributed by atoms with Crippen molar-refractivity contribution in [1.82, 2.24) is 0 Å².